The van der Waals surface area contributed by atoms with Gasteiger partial charge in [0.05, 0.1) is 0 Å². The number of nitrogens with zero attached hydrogens (tertiary/aromatic N) is 1. The van der Waals surface area contributed by atoms with Gasteiger partial charge >= 0.3 is 0 Å². The molecule has 0 unspecified atom stereocenters. The summed E-state index contributed by atoms with van der Waals surface area (Å²) < 4.78 is 0. The molecule has 0 amide bonds. The summed E-state index contributed by atoms with van der Waals surface area (Å²) in [5.74, 6) is 0. The second-order valence-corrected chi connectivity index (χ2v) is 4.94. The molecule has 0 radical (unpaired) electrons. The van der Waals surface area contributed by atoms with Gasteiger partial charge in [0.2, 0.25) is 0 Å². The first-order valence-electron chi connectivity index (χ1n) is 6.74. The maximum atomic E-state index is 4.29. The van der Waals surface area contributed by atoms with Crippen LogP contribution < -0.4 is 0 Å². The van der Waals surface area contributed by atoms with Crippen LogP contribution in [0.15, 0.2) is 73.1 Å². The van der Waals surface area contributed by atoms with Crippen molar-refractivity contribution < 1.29 is 0 Å². The average molecular weight is 255 g/mol. The van der Waals surface area contributed by atoms with Gasteiger partial charge in [0, 0.05) is 18.0 Å². The Bertz CT molecular complexity index is 753. The van der Waals surface area contributed by atoms with E-state index in [0.717, 1.165) is 0 Å². The van der Waals surface area contributed by atoms with Gasteiger partial charge in [-0.05, 0) is 40.0 Å². The van der Waals surface area contributed by atoms with Crippen molar-refractivity contribution in [1.82, 2.24) is 4.98 Å². The van der Waals surface area contributed by atoms with E-state index in [0.29, 0.717) is 0 Å². The van der Waals surface area contributed by atoms with E-state index in [4.69, 9.17) is 0 Å². The Morgan fingerprint density at radius 3 is 2.20 bits per heavy atom. The van der Waals surface area contributed by atoms with Crippen molar-refractivity contribution in [3.8, 4) is 11.1 Å². The highest BCUT2D eigenvalue weighted by atomic mass is 14.6. The SMILES string of the molecule is C(=C1\c2ccccc2-c2ccncc21)/c1ccccc1. The summed E-state index contributed by atoms with van der Waals surface area (Å²) in [6.07, 6.45) is 6.07. The van der Waals surface area contributed by atoms with Crippen molar-refractivity contribution in [2.75, 3.05) is 0 Å². The molecule has 0 spiro atoms. The van der Waals surface area contributed by atoms with E-state index in [1.54, 1.807) is 0 Å². The molecule has 0 saturated carbocycles. The second kappa shape index (κ2) is 4.46. The normalized spacial score (nSPS) is 14.1. The molecule has 0 N–H and O–H groups in total. The van der Waals surface area contributed by atoms with Gasteiger partial charge in [-0.25, -0.2) is 0 Å². The predicted octanol–water partition coefficient (Wildman–Crippen LogP) is 4.65. The van der Waals surface area contributed by atoms with Gasteiger partial charge in [0.15, 0.2) is 0 Å². The standard InChI is InChI=1S/C19H13N/c1-2-6-14(7-3-1)12-18-16-9-5-4-8-15(16)17-10-11-20-13-19(17)18/h1-13H/b18-12-. The highest BCUT2D eigenvalue weighted by Crippen LogP contribution is 2.44. The van der Waals surface area contributed by atoms with E-state index < -0.39 is 0 Å². The Hall–Kier alpha value is -2.67. The Morgan fingerprint density at radius 2 is 1.35 bits per heavy atom. The first-order valence-corrected chi connectivity index (χ1v) is 6.74. The van der Waals surface area contributed by atoms with E-state index in [1.807, 2.05) is 18.5 Å². The van der Waals surface area contributed by atoms with Crippen LogP contribution in [0.25, 0.3) is 22.8 Å². The lowest BCUT2D eigenvalue weighted by Crippen LogP contribution is -1.82. The summed E-state index contributed by atoms with van der Waals surface area (Å²) in [6.45, 7) is 0. The van der Waals surface area contributed by atoms with Gasteiger partial charge in [-0.1, -0.05) is 54.6 Å². The van der Waals surface area contributed by atoms with Gasteiger partial charge < -0.3 is 0 Å². The molecule has 0 fully saturated rings. The summed E-state index contributed by atoms with van der Waals surface area (Å²) in [4.78, 5) is 4.29. The van der Waals surface area contributed by atoms with Crippen LogP contribution in [0.5, 0.6) is 0 Å². The van der Waals surface area contributed by atoms with Crippen LogP contribution in [-0.4, -0.2) is 4.98 Å². The summed E-state index contributed by atoms with van der Waals surface area (Å²) >= 11 is 0. The number of fused-ring (bicyclic) bond motifs is 3. The number of hydrogen-bond acceptors (Lipinski definition) is 1. The van der Waals surface area contributed by atoms with Crippen LogP contribution >= 0.6 is 0 Å². The molecule has 1 heterocycles. The van der Waals surface area contributed by atoms with Crippen molar-refractivity contribution in [1.29, 1.82) is 0 Å². The Kier molecular flexibility index (Phi) is 2.49. The second-order valence-electron chi connectivity index (χ2n) is 4.94. The molecule has 94 valence electrons. The zero-order chi connectivity index (χ0) is 13.4. The summed E-state index contributed by atoms with van der Waals surface area (Å²) in [5.41, 5.74) is 7.56. The minimum Gasteiger partial charge on any atom is -0.264 e. The largest absolute Gasteiger partial charge is 0.264 e. The van der Waals surface area contributed by atoms with Crippen LogP contribution in [0, 0.1) is 0 Å². The average Bonchev–Trinajstić information content (AvgIpc) is 2.84. The molecule has 1 aliphatic carbocycles. The third kappa shape index (κ3) is 1.68. The predicted molar refractivity (Wildman–Crippen MR) is 83.1 cm³/mol. The number of benzene rings is 2. The fourth-order valence-electron chi connectivity index (χ4n) is 2.81. The Morgan fingerprint density at radius 1 is 0.650 bits per heavy atom. The fourth-order valence-corrected chi connectivity index (χ4v) is 2.81. The van der Waals surface area contributed by atoms with Crippen molar-refractivity contribution in [3.05, 3.63) is 89.7 Å². The lowest BCUT2D eigenvalue weighted by molar-refractivity contribution is 1.32. The minimum atomic E-state index is 1.22. The molecule has 0 aliphatic heterocycles. The van der Waals surface area contributed by atoms with Crippen molar-refractivity contribution in [2.24, 2.45) is 0 Å². The topological polar surface area (TPSA) is 12.9 Å². The van der Waals surface area contributed by atoms with Crippen molar-refractivity contribution in [3.63, 3.8) is 0 Å². The van der Waals surface area contributed by atoms with Crippen molar-refractivity contribution >= 4 is 11.6 Å². The molecular weight excluding hydrogens is 242 g/mol. The summed E-state index contributed by atoms with van der Waals surface area (Å²) in [5, 5.41) is 0. The third-order valence-corrected chi connectivity index (χ3v) is 3.73. The quantitative estimate of drug-likeness (QED) is 0.482. The first kappa shape index (κ1) is 11.2. The lowest BCUT2D eigenvalue weighted by atomic mass is 10.0. The first-order chi connectivity index (χ1) is 9.93. The fraction of sp³-hybridized carbons (Fsp3) is 0. The monoisotopic (exact) mass is 255 g/mol. The maximum Gasteiger partial charge on any atom is 0.0352 e. The lowest BCUT2D eigenvalue weighted by Gasteiger charge is -2.02. The maximum absolute atomic E-state index is 4.29. The molecule has 3 aromatic rings. The Balaban J connectivity index is 1.99. The minimum absolute atomic E-state index is 1.22. The van der Waals surface area contributed by atoms with Crippen LogP contribution in [0.2, 0.25) is 0 Å². The molecule has 0 bridgehead atoms. The van der Waals surface area contributed by atoms with Gasteiger partial charge in [-0.2, -0.15) is 0 Å². The molecule has 1 heteroatoms. The molecule has 4 rings (SSSR count). The highest BCUT2D eigenvalue weighted by molar-refractivity contribution is 6.06. The number of hydrogen-bond donors (Lipinski definition) is 0. The molecule has 0 saturated heterocycles. The van der Waals surface area contributed by atoms with E-state index in [2.05, 4.69) is 65.7 Å². The van der Waals surface area contributed by atoms with Gasteiger partial charge in [-0.3, -0.25) is 4.98 Å². The number of rotatable bonds is 1. The molecular formula is C19H13N. The van der Waals surface area contributed by atoms with Crippen LogP contribution in [0.3, 0.4) is 0 Å². The smallest absolute Gasteiger partial charge is 0.0352 e. The summed E-state index contributed by atoms with van der Waals surface area (Å²) in [7, 11) is 0. The van der Waals surface area contributed by atoms with Crippen LogP contribution in [0.4, 0.5) is 0 Å². The van der Waals surface area contributed by atoms with E-state index in [9.17, 15) is 0 Å². The van der Waals surface area contributed by atoms with E-state index >= 15 is 0 Å². The highest BCUT2D eigenvalue weighted by Gasteiger charge is 2.22. The Labute approximate surface area is 118 Å². The van der Waals surface area contributed by atoms with Gasteiger partial charge in [0.25, 0.3) is 0 Å². The number of pyridine rings is 1. The van der Waals surface area contributed by atoms with Gasteiger partial charge in [-0.15, -0.1) is 0 Å². The van der Waals surface area contributed by atoms with E-state index in [-0.39, 0.29) is 0 Å². The van der Waals surface area contributed by atoms with Gasteiger partial charge in [0.1, 0.15) is 0 Å². The van der Waals surface area contributed by atoms with Crippen LogP contribution in [-0.2, 0) is 0 Å². The number of aromatic nitrogens is 1. The van der Waals surface area contributed by atoms with Crippen molar-refractivity contribution in [2.45, 2.75) is 0 Å². The third-order valence-electron chi connectivity index (χ3n) is 3.73. The molecule has 1 aliphatic rings. The molecule has 2 aromatic carbocycles. The summed E-state index contributed by atoms with van der Waals surface area (Å²) in [6, 6.07) is 21.1. The van der Waals surface area contributed by atoms with Crippen LogP contribution in [0.1, 0.15) is 16.7 Å². The molecule has 20 heavy (non-hydrogen) atoms. The van der Waals surface area contributed by atoms with E-state index in [1.165, 1.54) is 33.4 Å². The molecule has 1 aromatic heterocycles. The zero-order valence-corrected chi connectivity index (χ0v) is 11.0. The molecule has 1 nitrogen and oxygen atoms in total. The molecule has 0 atom stereocenters. The zero-order valence-electron chi connectivity index (χ0n) is 11.0.